The number of benzene rings is 1. The molecule has 0 saturated carbocycles. The van der Waals surface area contributed by atoms with E-state index in [1.54, 1.807) is 0 Å². The first-order valence-corrected chi connectivity index (χ1v) is 7.62. The van der Waals surface area contributed by atoms with Crippen molar-refractivity contribution < 1.29 is 9.53 Å². The lowest BCUT2D eigenvalue weighted by Crippen LogP contribution is -2.47. The average molecular weight is 286 g/mol. The number of hydrogen-bond acceptors (Lipinski definition) is 4. The van der Waals surface area contributed by atoms with E-state index in [4.69, 9.17) is 10.00 Å². The van der Waals surface area contributed by atoms with Crippen LogP contribution in [0.4, 0.5) is 0 Å². The highest BCUT2D eigenvalue weighted by Crippen LogP contribution is 2.31. The summed E-state index contributed by atoms with van der Waals surface area (Å²) < 4.78 is 5.21. The smallest absolute Gasteiger partial charge is 0.323 e. The minimum Gasteiger partial charge on any atom is -0.465 e. The molecule has 0 aromatic heterocycles. The van der Waals surface area contributed by atoms with E-state index in [1.807, 2.05) is 37.3 Å². The summed E-state index contributed by atoms with van der Waals surface area (Å²) in [5.41, 5.74) is 1.09. The van der Waals surface area contributed by atoms with E-state index in [0.717, 1.165) is 31.4 Å². The van der Waals surface area contributed by atoms with Gasteiger partial charge in [-0.05, 0) is 31.9 Å². The van der Waals surface area contributed by atoms with Crippen molar-refractivity contribution in [3.05, 3.63) is 35.9 Å². The number of piperidine rings is 1. The predicted molar refractivity (Wildman–Crippen MR) is 80.4 cm³/mol. The average Bonchev–Trinajstić information content (AvgIpc) is 2.54. The molecule has 2 unspecified atom stereocenters. The molecule has 21 heavy (non-hydrogen) atoms. The van der Waals surface area contributed by atoms with Crippen LogP contribution in [0, 0.1) is 11.3 Å². The first kappa shape index (κ1) is 15.5. The molecule has 1 aliphatic heterocycles. The van der Waals surface area contributed by atoms with Crippen LogP contribution in [0.25, 0.3) is 0 Å². The summed E-state index contributed by atoms with van der Waals surface area (Å²) in [5, 5.41) is 9.16. The van der Waals surface area contributed by atoms with Crippen LogP contribution in [0.1, 0.15) is 44.2 Å². The summed E-state index contributed by atoms with van der Waals surface area (Å²) in [5.74, 6) is -0.156. The van der Waals surface area contributed by atoms with Gasteiger partial charge in [-0.25, -0.2) is 0 Å². The summed E-state index contributed by atoms with van der Waals surface area (Å²) in [6.07, 6.45) is 3.30. The van der Waals surface area contributed by atoms with E-state index in [2.05, 4.69) is 11.0 Å². The number of carbonyl (C=O) groups excluding carboxylic acids is 1. The molecule has 0 amide bonds. The predicted octanol–water partition coefficient (Wildman–Crippen LogP) is 3.06. The monoisotopic (exact) mass is 286 g/mol. The SMILES string of the molecule is CCOC(=O)C1CCCCN1C(CC#N)c1ccccc1. The highest BCUT2D eigenvalue weighted by Gasteiger charge is 2.34. The Kier molecular flexibility index (Phi) is 5.77. The second kappa shape index (κ2) is 7.80. The number of ether oxygens (including phenoxy) is 1. The fourth-order valence-corrected chi connectivity index (χ4v) is 3.01. The Labute approximate surface area is 126 Å². The van der Waals surface area contributed by atoms with E-state index >= 15 is 0 Å². The zero-order chi connectivity index (χ0) is 15.1. The first-order valence-electron chi connectivity index (χ1n) is 7.62. The maximum Gasteiger partial charge on any atom is 0.323 e. The highest BCUT2D eigenvalue weighted by atomic mass is 16.5. The molecule has 0 aliphatic carbocycles. The van der Waals surface area contributed by atoms with Crippen molar-refractivity contribution in [1.29, 1.82) is 5.26 Å². The molecule has 4 nitrogen and oxygen atoms in total. The third-order valence-corrected chi connectivity index (χ3v) is 3.97. The van der Waals surface area contributed by atoms with Crippen molar-refractivity contribution in [3.8, 4) is 6.07 Å². The van der Waals surface area contributed by atoms with Gasteiger partial charge in [-0.1, -0.05) is 36.8 Å². The first-order chi connectivity index (χ1) is 10.3. The molecular formula is C17H22N2O2. The van der Waals surface area contributed by atoms with Gasteiger partial charge in [0.2, 0.25) is 0 Å². The Hall–Kier alpha value is -1.86. The number of carbonyl (C=O) groups is 1. The number of likely N-dealkylation sites (tertiary alicyclic amines) is 1. The molecule has 1 saturated heterocycles. The molecule has 1 aliphatic rings. The van der Waals surface area contributed by atoms with E-state index in [-0.39, 0.29) is 18.1 Å². The lowest BCUT2D eigenvalue weighted by Gasteiger charge is -2.39. The Balaban J connectivity index is 2.24. The molecule has 0 N–H and O–H groups in total. The van der Waals surface area contributed by atoms with Crippen LogP contribution in [0.2, 0.25) is 0 Å². The largest absolute Gasteiger partial charge is 0.465 e. The molecule has 112 valence electrons. The Bertz CT molecular complexity index is 495. The molecule has 1 aromatic rings. The molecule has 2 rings (SSSR count). The van der Waals surface area contributed by atoms with Crippen LogP contribution in [0.3, 0.4) is 0 Å². The normalized spacial score (nSPS) is 20.5. The van der Waals surface area contributed by atoms with Crippen LogP contribution >= 0.6 is 0 Å². The van der Waals surface area contributed by atoms with Crippen molar-refractivity contribution in [3.63, 3.8) is 0 Å². The summed E-state index contributed by atoms with van der Waals surface area (Å²) in [7, 11) is 0. The van der Waals surface area contributed by atoms with Gasteiger partial charge in [0.05, 0.1) is 19.1 Å². The second-order valence-electron chi connectivity index (χ2n) is 5.29. The van der Waals surface area contributed by atoms with Gasteiger partial charge in [0.15, 0.2) is 0 Å². The molecule has 1 fully saturated rings. The molecule has 4 heteroatoms. The van der Waals surface area contributed by atoms with Gasteiger partial charge < -0.3 is 4.74 Å². The van der Waals surface area contributed by atoms with Crippen molar-refractivity contribution in [2.45, 2.75) is 44.7 Å². The van der Waals surface area contributed by atoms with Gasteiger partial charge >= 0.3 is 5.97 Å². The molecule has 0 spiro atoms. The maximum atomic E-state index is 12.2. The number of esters is 1. The summed E-state index contributed by atoms with van der Waals surface area (Å²) in [4.78, 5) is 14.4. The van der Waals surface area contributed by atoms with Gasteiger partial charge in [0, 0.05) is 6.04 Å². The number of hydrogen-bond donors (Lipinski definition) is 0. The van der Waals surface area contributed by atoms with Crippen molar-refractivity contribution in [2.75, 3.05) is 13.2 Å². The summed E-state index contributed by atoms with van der Waals surface area (Å²) in [6, 6.07) is 12.0. The van der Waals surface area contributed by atoms with E-state index in [9.17, 15) is 4.79 Å². The van der Waals surface area contributed by atoms with Crippen LogP contribution in [-0.2, 0) is 9.53 Å². The third-order valence-electron chi connectivity index (χ3n) is 3.97. The van der Waals surface area contributed by atoms with Crippen molar-refractivity contribution in [1.82, 2.24) is 4.90 Å². The Morgan fingerprint density at radius 3 is 2.86 bits per heavy atom. The zero-order valence-corrected chi connectivity index (χ0v) is 12.5. The number of rotatable bonds is 5. The van der Waals surface area contributed by atoms with Gasteiger partial charge in [-0.15, -0.1) is 0 Å². The number of nitrogens with zero attached hydrogens (tertiary/aromatic N) is 2. The third kappa shape index (κ3) is 3.83. The second-order valence-corrected chi connectivity index (χ2v) is 5.29. The Morgan fingerprint density at radius 2 is 2.19 bits per heavy atom. The summed E-state index contributed by atoms with van der Waals surface area (Å²) >= 11 is 0. The Morgan fingerprint density at radius 1 is 1.43 bits per heavy atom. The highest BCUT2D eigenvalue weighted by molar-refractivity contribution is 5.76. The van der Waals surface area contributed by atoms with E-state index in [0.29, 0.717) is 13.0 Å². The fraction of sp³-hybridized carbons (Fsp3) is 0.529. The quantitative estimate of drug-likeness (QED) is 0.781. The topological polar surface area (TPSA) is 53.3 Å². The maximum absolute atomic E-state index is 12.2. The standard InChI is InChI=1S/C17H22N2O2/c1-2-21-17(20)16-10-6-7-13-19(16)15(11-12-18)14-8-4-3-5-9-14/h3-5,8-9,15-16H,2,6-7,10-11,13H2,1H3. The minimum absolute atomic E-state index is 0.0362. The van der Waals surface area contributed by atoms with Gasteiger partial charge in [-0.2, -0.15) is 5.26 Å². The van der Waals surface area contributed by atoms with Crippen LogP contribution in [0.5, 0.6) is 0 Å². The van der Waals surface area contributed by atoms with Gasteiger partial charge in [0.25, 0.3) is 0 Å². The fourth-order valence-electron chi connectivity index (χ4n) is 3.01. The van der Waals surface area contributed by atoms with Crippen molar-refractivity contribution in [2.24, 2.45) is 0 Å². The van der Waals surface area contributed by atoms with Crippen LogP contribution < -0.4 is 0 Å². The minimum atomic E-state index is -0.225. The molecule has 0 radical (unpaired) electrons. The summed E-state index contributed by atoms with van der Waals surface area (Å²) in [6.45, 7) is 3.07. The van der Waals surface area contributed by atoms with E-state index in [1.165, 1.54) is 0 Å². The molecule has 2 atom stereocenters. The lowest BCUT2D eigenvalue weighted by molar-refractivity contribution is -0.152. The van der Waals surface area contributed by atoms with Crippen molar-refractivity contribution >= 4 is 5.97 Å². The van der Waals surface area contributed by atoms with E-state index < -0.39 is 0 Å². The molecular weight excluding hydrogens is 264 g/mol. The van der Waals surface area contributed by atoms with Gasteiger partial charge in [-0.3, -0.25) is 9.69 Å². The molecule has 1 heterocycles. The van der Waals surface area contributed by atoms with Crippen LogP contribution in [-0.4, -0.2) is 30.1 Å². The van der Waals surface area contributed by atoms with Gasteiger partial charge in [0.1, 0.15) is 6.04 Å². The molecule has 0 bridgehead atoms. The molecule has 1 aromatic carbocycles. The van der Waals surface area contributed by atoms with Crippen LogP contribution in [0.15, 0.2) is 30.3 Å². The lowest BCUT2D eigenvalue weighted by atomic mass is 9.95. The number of nitriles is 1. The zero-order valence-electron chi connectivity index (χ0n) is 12.5.